The maximum Gasteiger partial charge on any atom is 0.251 e. The maximum atomic E-state index is 12.0. The standard InChI is InChI=1S/C14H19BrN2O/c1-10-7-12(5-6-16-10)14(18)17-9-11-3-2-4-13(15)8-11/h5-7,11,13H,2-4,8-9H2,1H3,(H,17,18). The lowest BCUT2D eigenvalue weighted by atomic mass is 9.89. The van der Waals surface area contributed by atoms with E-state index in [0.29, 0.717) is 16.3 Å². The normalized spacial score (nSPS) is 23.7. The number of carbonyl (C=O) groups is 1. The second-order valence-electron chi connectivity index (χ2n) is 5.03. The first kappa shape index (κ1) is 13.5. The SMILES string of the molecule is Cc1cc(C(=O)NCC2CCCC(Br)C2)ccn1. The largest absolute Gasteiger partial charge is 0.352 e. The summed E-state index contributed by atoms with van der Waals surface area (Å²) in [7, 11) is 0. The van der Waals surface area contributed by atoms with Crippen LogP contribution in [0.2, 0.25) is 0 Å². The van der Waals surface area contributed by atoms with E-state index in [9.17, 15) is 4.79 Å². The summed E-state index contributed by atoms with van der Waals surface area (Å²) in [5.41, 5.74) is 1.58. The number of halogens is 1. The molecule has 1 aromatic rings. The molecule has 0 saturated heterocycles. The van der Waals surface area contributed by atoms with Crippen LogP contribution in [0, 0.1) is 12.8 Å². The monoisotopic (exact) mass is 310 g/mol. The predicted molar refractivity (Wildman–Crippen MR) is 76.0 cm³/mol. The molecule has 1 aliphatic carbocycles. The Bertz CT molecular complexity index is 422. The van der Waals surface area contributed by atoms with Gasteiger partial charge in [0.25, 0.3) is 5.91 Å². The first-order valence-electron chi connectivity index (χ1n) is 6.50. The molecule has 0 radical (unpaired) electrons. The Morgan fingerprint density at radius 3 is 3.11 bits per heavy atom. The molecule has 2 unspecified atom stereocenters. The Morgan fingerprint density at radius 1 is 1.56 bits per heavy atom. The summed E-state index contributed by atoms with van der Waals surface area (Å²) < 4.78 is 0. The molecule has 0 bridgehead atoms. The molecule has 3 nitrogen and oxygen atoms in total. The zero-order valence-electron chi connectivity index (χ0n) is 10.7. The summed E-state index contributed by atoms with van der Waals surface area (Å²) in [5, 5.41) is 3.03. The molecule has 0 aromatic carbocycles. The minimum Gasteiger partial charge on any atom is -0.352 e. The van der Waals surface area contributed by atoms with E-state index in [1.165, 1.54) is 19.3 Å². The molecule has 1 fully saturated rings. The number of rotatable bonds is 3. The summed E-state index contributed by atoms with van der Waals surface area (Å²) in [5.74, 6) is 0.618. The van der Waals surface area contributed by atoms with E-state index >= 15 is 0 Å². The minimum absolute atomic E-state index is 0.0113. The smallest absolute Gasteiger partial charge is 0.251 e. The van der Waals surface area contributed by atoms with Crippen molar-refractivity contribution in [2.75, 3.05) is 6.54 Å². The van der Waals surface area contributed by atoms with Crippen LogP contribution < -0.4 is 5.32 Å². The molecule has 1 saturated carbocycles. The maximum absolute atomic E-state index is 12.0. The van der Waals surface area contributed by atoms with E-state index in [0.717, 1.165) is 18.7 Å². The van der Waals surface area contributed by atoms with Crippen LogP contribution in [0.3, 0.4) is 0 Å². The van der Waals surface area contributed by atoms with Gasteiger partial charge < -0.3 is 5.32 Å². The summed E-state index contributed by atoms with van der Waals surface area (Å²) in [6.07, 6.45) is 6.57. The first-order valence-corrected chi connectivity index (χ1v) is 7.41. The van der Waals surface area contributed by atoms with Crippen molar-refractivity contribution in [2.24, 2.45) is 5.92 Å². The number of aromatic nitrogens is 1. The Labute approximate surface area is 117 Å². The molecule has 4 heteroatoms. The molecule has 2 rings (SSSR count). The highest BCUT2D eigenvalue weighted by Gasteiger charge is 2.20. The number of pyridine rings is 1. The molecule has 18 heavy (non-hydrogen) atoms. The van der Waals surface area contributed by atoms with Crippen molar-refractivity contribution in [3.8, 4) is 0 Å². The van der Waals surface area contributed by atoms with Gasteiger partial charge in [-0.3, -0.25) is 9.78 Å². The molecule has 0 aliphatic heterocycles. The third kappa shape index (κ3) is 3.80. The van der Waals surface area contributed by atoms with Crippen LogP contribution in [-0.4, -0.2) is 22.3 Å². The lowest BCUT2D eigenvalue weighted by Crippen LogP contribution is -2.32. The van der Waals surface area contributed by atoms with E-state index in [-0.39, 0.29) is 5.91 Å². The van der Waals surface area contributed by atoms with E-state index in [1.807, 2.05) is 13.0 Å². The lowest BCUT2D eigenvalue weighted by Gasteiger charge is -2.25. The minimum atomic E-state index is 0.0113. The average Bonchev–Trinajstić information content (AvgIpc) is 2.36. The van der Waals surface area contributed by atoms with Gasteiger partial charge in [-0.05, 0) is 44.2 Å². The fourth-order valence-corrected chi connectivity index (χ4v) is 3.29. The molecule has 1 amide bonds. The van der Waals surface area contributed by atoms with E-state index in [1.54, 1.807) is 12.3 Å². The number of hydrogen-bond donors (Lipinski definition) is 1. The summed E-state index contributed by atoms with van der Waals surface area (Å²) in [4.78, 5) is 16.7. The number of hydrogen-bond acceptors (Lipinski definition) is 2. The quantitative estimate of drug-likeness (QED) is 0.872. The summed E-state index contributed by atoms with van der Waals surface area (Å²) in [6, 6.07) is 3.58. The van der Waals surface area contributed by atoms with Gasteiger partial charge in [-0.1, -0.05) is 22.4 Å². The second-order valence-corrected chi connectivity index (χ2v) is 6.32. The van der Waals surface area contributed by atoms with Crippen molar-refractivity contribution in [2.45, 2.75) is 37.4 Å². The van der Waals surface area contributed by atoms with Crippen molar-refractivity contribution >= 4 is 21.8 Å². The van der Waals surface area contributed by atoms with Crippen LogP contribution in [0.1, 0.15) is 41.7 Å². The Morgan fingerprint density at radius 2 is 2.39 bits per heavy atom. The third-order valence-corrected chi connectivity index (χ3v) is 4.26. The highest BCUT2D eigenvalue weighted by Crippen LogP contribution is 2.28. The average molecular weight is 311 g/mol. The second kappa shape index (κ2) is 6.32. The van der Waals surface area contributed by atoms with Crippen LogP contribution >= 0.6 is 15.9 Å². The van der Waals surface area contributed by atoms with Crippen molar-refractivity contribution < 1.29 is 4.79 Å². The Hall–Kier alpha value is -0.900. The van der Waals surface area contributed by atoms with E-state index < -0.39 is 0 Å². The molecule has 2 atom stereocenters. The first-order chi connectivity index (χ1) is 8.65. The number of nitrogens with one attached hydrogen (secondary N) is 1. The van der Waals surface area contributed by atoms with Crippen LogP contribution in [0.15, 0.2) is 18.3 Å². The molecule has 1 heterocycles. The van der Waals surface area contributed by atoms with Gasteiger partial charge in [0.05, 0.1) is 0 Å². The highest BCUT2D eigenvalue weighted by molar-refractivity contribution is 9.09. The van der Waals surface area contributed by atoms with Gasteiger partial charge in [-0.25, -0.2) is 0 Å². The van der Waals surface area contributed by atoms with Gasteiger partial charge in [0.1, 0.15) is 0 Å². The van der Waals surface area contributed by atoms with Crippen molar-refractivity contribution in [3.05, 3.63) is 29.6 Å². The molecule has 1 N–H and O–H groups in total. The van der Waals surface area contributed by atoms with Crippen LogP contribution in [0.5, 0.6) is 0 Å². The zero-order chi connectivity index (χ0) is 13.0. The van der Waals surface area contributed by atoms with Gasteiger partial charge in [0.15, 0.2) is 0 Å². The zero-order valence-corrected chi connectivity index (χ0v) is 12.2. The number of aryl methyl sites for hydroxylation is 1. The molecule has 98 valence electrons. The lowest BCUT2D eigenvalue weighted by molar-refractivity contribution is 0.0943. The number of nitrogens with zero attached hydrogens (tertiary/aromatic N) is 1. The van der Waals surface area contributed by atoms with Crippen LogP contribution in [0.4, 0.5) is 0 Å². The van der Waals surface area contributed by atoms with Crippen molar-refractivity contribution in [3.63, 3.8) is 0 Å². The van der Waals surface area contributed by atoms with Gasteiger partial charge >= 0.3 is 0 Å². The Balaban J connectivity index is 1.84. The molecule has 1 aliphatic rings. The molecular weight excluding hydrogens is 292 g/mol. The highest BCUT2D eigenvalue weighted by atomic mass is 79.9. The molecule has 1 aromatic heterocycles. The number of alkyl halides is 1. The molecule has 0 spiro atoms. The van der Waals surface area contributed by atoms with Crippen LogP contribution in [-0.2, 0) is 0 Å². The van der Waals surface area contributed by atoms with Gasteiger partial charge in [-0.2, -0.15) is 0 Å². The fourth-order valence-electron chi connectivity index (χ4n) is 2.44. The summed E-state index contributed by atoms with van der Waals surface area (Å²) in [6.45, 7) is 2.68. The van der Waals surface area contributed by atoms with E-state index in [4.69, 9.17) is 0 Å². The van der Waals surface area contributed by atoms with Crippen LogP contribution in [0.25, 0.3) is 0 Å². The van der Waals surface area contributed by atoms with Crippen molar-refractivity contribution in [1.82, 2.24) is 10.3 Å². The summed E-state index contributed by atoms with van der Waals surface area (Å²) >= 11 is 3.67. The van der Waals surface area contributed by atoms with Gasteiger partial charge in [-0.15, -0.1) is 0 Å². The number of carbonyl (C=O) groups excluding carboxylic acids is 1. The third-order valence-electron chi connectivity index (χ3n) is 3.43. The molecular formula is C14H19BrN2O. The Kier molecular flexibility index (Phi) is 4.75. The van der Waals surface area contributed by atoms with Gasteiger partial charge in [0.2, 0.25) is 0 Å². The van der Waals surface area contributed by atoms with Crippen molar-refractivity contribution in [1.29, 1.82) is 0 Å². The number of amides is 1. The fraction of sp³-hybridized carbons (Fsp3) is 0.571. The predicted octanol–water partition coefficient (Wildman–Crippen LogP) is 3.07. The topological polar surface area (TPSA) is 42.0 Å². The van der Waals surface area contributed by atoms with E-state index in [2.05, 4.69) is 26.2 Å². The van der Waals surface area contributed by atoms with Gasteiger partial charge in [0, 0.05) is 28.8 Å².